The quantitative estimate of drug-likeness (QED) is 0.125. The van der Waals surface area contributed by atoms with Gasteiger partial charge in [0.2, 0.25) is 5.95 Å². The first-order valence-corrected chi connectivity index (χ1v) is 16.3. The van der Waals surface area contributed by atoms with Crippen molar-refractivity contribution in [2.75, 3.05) is 23.7 Å². The summed E-state index contributed by atoms with van der Waals surface area (Å²) in [5.41, 5.74) is 5.06. The van der Waals surface area contributed by atoms with Gasteiger partial charge in [-0.15, -0.1) is 0 Å². The minimum atomic E-state index is -1.09. The van der Waals surface area contributed by atoms with E-state index in [9.17, 15) is 15.3 Å². The van der Waals surface area contributed by atoms with E-state index in [-0.39, 0.29) is 12.5 Å². The number of hydrogen-bond acceptors (Lipinski definition) is 10. The van der Waals surface area contributed by atoms with Gasteiger partial charge in [-0.1, -0.05) is 60.7 Å². The van der Waals surface area contributed by atoms with Crippen LogP contribution in [0.1, 0.15) is 53.7 Å². The number of aliphatic hydroxyl groups excluding tert-OH is 3. The molecule has 0 bridgehead atoms. The smallest absolute Gasteiger partial charge is 0.226 e. The van der Waals surface area contributed by atoms with Crippen LogP contribution in [0.5, 0.6) is 0 Å². The molecule has 13 nitrogen and oxygen atoms in total. The molecule has 4 aromatic heterocycles. The molecule has 1 aliphatic rings. The van der Waals surface area contributed by atoms with Crippen LogP contribution >= 0.6 is 0 Å². The maximum Gasteiger partial charge on any atom is 0.226 e. The number of rotatable bonds is 13. The average molecular weight is 649 g/mol. The molecule has 4 atom stereocenters. The van der Waals surface area contributed by atoms with Crippen LogP contribution in [0.3, 0.4) is 0 Å². The fourth-order valence-corrected chi connectivity index (χ4v) is 6.53. The van der Waals surface area contributed by atoms with Gasteiger partial charge in [-0.3, -0.25) is 4.68 Å². The van der Waals surface area contributed by atoms with Crippen molar-refractivity contribution in [1.29, 1.82) is 0 Å². The molecule has 13 heteroatoms. The Labute approximate surface area is 278 Å². The second-order valence-electron chi connectivity index (χ2n) is 12.2. The molecule has 0 amide bonds. The molecule has 248 valence electrons. The molecule has 7 rings (SSSR count). The zero-order valence-electron chi connectivity index (χ0n) is 26.7. The first-order chi connectivity index (χ1) is 23.5. The number of anilines is 2. The fourth-order valence-electron chi connectivity index (χ4n) is 6.53. The van der Waals surface area contributed by atoms with Crippen LogP contribution in [-0.2, 0) is 19.6 Å². The van der Waals surface area contributed by atoms with Crippen molar-refractivity contribution in [3.8, 4) is 0 Å². The molecule has 0 saturated heterocycles. The SMILES string of the molecule is CCn1cnc(CCNc2nc(NCC(c3ccccc3)c3ccccc3)c3ncn([C@@H]4C[C@H](n5cc(CO)cn5)[C@@H](O)[C@H]4O)c3n2)c1. The number of aromatic nitrogens is 8. The summed E-state index contributed by atoms with van der Waals surface area (Å²) >= 11 is 0. The highest BCUT2D eigenvalue weighted by atomic mass is 16.3. The van der Waals surface area contributed by atoms with Gasteiger partial charge < -0.3 is 35.1 Å². The summed E-state index contributed by atoms with van der Waals surface area (Å²) in [5, 5.41) is 43.1. The van der Waals surface area contributed by atoms with Gasteiger partial charge in [0.05, 0.1) is 43.2 Å². The van der Waals surface area contributed by atoms with E-state index in [4.69, 9.17) is 15.0 Å². The average Bonchev–Trinajstić information content (AvgIpc) is 3.93. The Bertz CT molecular complexity index is 1900. The van der Waals surface area contributed by atoms with E-state index >= 15 is 0 Å². The van der Waals surface area contributed by atoms with Gasteiger partial charge in [-0.2, -0.15) is 15.1 Å². The Morgan fingerprint density at radius 2 is 1.60 bits per heavy atom. The van der Waals surface area contributed by atoms with Crippen LogP contribution in [-0.4, -0.2) is 79.5 Å². The Balaban J connectivity index is 1.20. The normalized spacial score (nSPS) is 19.4. The van der Waals surface area contributed by atoms with Crippen molar-refractivity contribution in [3.63, 3.8) is 0 Å². The predicted molar refractivity (Wildman–Crippen MR) is 181 cm³/mol. The zero-order valence-corrected chi connectivity index (χ0v) is 26.7. The second kappa shape index (κ2) is 13.9. The Kier molecular flexibility index (Phi) is 9.14. The number of aryl methyl sites for hydroxylation is 1. The highest BCUT2D eigenvalue weighted by Gasteiger charge is 2.44. The van der Waals surface area contributed by atoms with Crippen molar-refractivity contribution in [2.45, 2.75) is 63.1 Å². The van der Waals surface area contributed by atoms with Crippen LogP contribution in [0.4, 0.5) is 11.8 Å². The molecule has 1 aliphatic carbocycles. The van der Waals surface area contributed by atoms with E-state index in [2.05, 4.69) is 51.9 Å². The van der Waals surface area contributed by atoms with Gasteiger partial charge in [0.25, 0.3) is 0 Å². The van der Waals surface area contributed by atoms with Crippen LogP contribution in [0.15, 0.2) is 91.9 Å². The van der Waals surface area contributed by atoms with Crippen molar-refractivity contribution >= 4 is 22.9 Å². The van der Waals surface area contributed by atoms with Crippen molar-refractivity contribution in [2.24, 2.45) is 0 Å². The molecule has 5 N–H and O–H groups in total. The minimum Gasteiger partial charge on any atom is -0.392 e. The highest BCUT2D eigenvalue weighted by Crippen LogP contribution is 2.40. The number of aliphatic hydroxyl groups is 3. The van der Waals surface area contributed by atoms with Crippen LogP contribution in [0, 0.1) is 0 Å². The van der Waals surface area contributed by atoms with Gasteiger partial charge in [0.15, 0.2) is 17.0 Å². The third-order valence-electron chi connectivity index (χ3n) is 9.17. The zero-order chi connectivity index (χ0) is 33.0. The van der Waals surface area contributed by atoms with E-state index in [0.29, 0.717) is 54.4 Å². The van der Waals surface area contributed by atoms with Gasteiger partial charge >= 0.3 is 0 Å². The number of imidazole rings is 2. The second-order valence-corrected chi connectivity index (χ2v) is 12.2. The monoisotopic (exact) mass is 648 g/mol. The molecule has 1 fully saturated rings. The summed E-state index contributed by atoms with van der Waals surface area (Å²) in [7, 11) is 0. The number of fused-ring (bicyclic) bond motifs is 1. The number of hydrogen-bond donors (Lipinski definition) is 5. The third-order valence-corrected chi connectivity index (χ3v) is 9.17. The van der Waals surface area contributed by atoms with Crippen LogP contribution in [0.25, 0.3) is 11.2 Å². The van der Waals surface area contributed by atoms with Gasteiger partial charge in [-0.25, -0.2) is 9.97 Å². The van der Waals surface area contributed by atoms with E-state index < -0.39 is 24.3 Å². The number of nitrogens with zero attached hydrogens (tertiary/aromatic N) is 8. The van der Waals surface area contributed by atoms with E-state index in [0.717, 1.165) is 12.2 Å². The molecular formula is C35H40N10O3. The molecule has 6 aromatic rings. The molecular weight excluding hydrogens is 608 g/mol. The van der Waals surface area contributed by atoms with Crippen molar-refractivity contribution < 1.29 is 15.3 Å². The molecule has 0 unspecified atom stereocenters. The van der Waals surface area contributed by atoms with Gasteiger partial charge in [-0.05, 0) is 24.5 Å². The molecule has 48 heavy (non-hydrogen) atoms. The summed E-state index contributed by atoms with van der Waals surface area (Å²) < 4.78 is 5.48. The molecule has 4 heterocycles. The first-order valence-electron chi connectivity index (χ1n) is 16.3. The van der Waals surface area contributed by atoms with Crippen molar-refractivity contribution in [1.82, 2.24) is 38.9 Å². The van der Waals surface area contributed by atoms with Gasteiger partial charge in [0.1, 0.15) is 12.2 Å². The van der Waals surface area contributed by atoms with Crippen LogP contribution in [0.2, 0.25) is 0 Å². The first kappa shape index (κ1) is 31.5. The Morgan fingerprint density at radius 3 is 2.27 bits per heavy atom. The fraction of sp³-hybridized carbons (Fsp3) is 0.343. The summed E-state index contributed by atoms with van der Waals surface area (Å²) in [6.07, 6.45) is 7.69. The lowest BCUT2D eigenvalue weighted by Crippen LogP contribution is -2.30. The Hall–Kier alpha value is -5.11. The molecule has 0 radical (unpaired) electrons. The highest BCUT2D eigenvalue weighted by molar-refractivity contribution is 5.84. The summed E-state index contributed by atoms with van der Waals surface area (Å²) in [5.74, 6) is 1.04. The Morgan fingerprint density at radius 1 is 0.875 bits per heavy atom. The topological polar surface area (TPSA) is 164 Å². The summed E-state index contributed by atoms with van der Waals surface area (Å²) in [4.78, 5) is 19.0. The molecule has 0 aliphatic heterocycles. The maximum atomic E-state index is 11.3. The molecule has 1 saturated carbocycles. The standard InChI is InChI=1S/C35H40N10O3/c1-2-43-19-26(38-21-43)13-14-36-35-41-33(37-17-27(24-9-5-3-6-10-24)25-11-7-4-8-12-25)30-34(42-35)44(22-39-30)28-15-29(32(48)31(28)47)45-18-23(20-46)16-40-45/h3-12,16,18-19,21-22,27-29,31-32,46-48H,2,13-15,17,20H2,1H3,(H2,36,37,41,42)/t28-,29+,31+,32-/m1/s1. The van der Waals surface area contributed by atoms with Crippen molar-refractivity contribution in [3.05, 3.63) is 114 Å². The van der Waals surface area contributed by atoms with E-state index in [1.165, 1.54) is 11.1 Å². The number of nitrogens with one attached hydrogen (secondary N) is 2. The maximum absolute atomic E-state index is 11.3. The molecule has 2 aromatic carbocycles. The largest absolute Gasteiger partial charge is 0.392 e. The predicted octanol–water partition coefficient (Wildman–Crippen LogP) is 3.54. The van der Waals surface area contributed by atoms with Crippen LogP contribution < -0.4 is 10.6 Å². The lowest BCUT2D eigenvalue weighted by molar-refractivity contribution is 0.00720. The lowest BCUT2D eigenvalue weighted by Gasteiger charge is -2.20. The molecule has 0 spiro atoms. The van der Waals surface area contributed by atoms with Gasteiger partial charge in [0, 0.05) is 49.9 Å². The minimum absolute atomic E-state index is 0.0510. The number of benzene rings is 2. The lowest BCUT2D eigenvalue weighted by atomic mass is 9.91. The summed E-state index contributed by atoms with van der Waals surface area (Å²) in [6, 6.07) is 19.7. The van der Waals surface area contributed by atoms with E-state index in [1.54, 1.807) is 23.4 Å². The summed E-state index contributed by atoms with van der Waals surface area (Å²) in [6.45, 7) is 3.90. The third kappa shape index (κ3) is 6.39. The van der Waals surface area contributed by atoms with E-state index in [1.807, 2.05) is 58.1 Å².